The Morgan fingerprint density at radius 2 is 2.10 bits per heavy atom. The lowest BCUT2D eigenvalue weighted by molar-refractivity contribution is 0.523. The molecule has 0 bridgehead atoms. The maximum atomic E-state index is 10.7. The molecule has 0 aromatic carbocycles. The van der Waals surface area contributed by atoms with Gasteiger partial charge < -0.3 is 0 Å². The molecule has 0 amide bonds. The molecule has 1 unspecified atom stereocenters. The normalized spacial score (nSPS) is 29.7. The highest BCUT2D eigenvalue weighted by Crippen LogP contribution is 2.11. The van der Waals surface area contributed by atoms with Gasteiger partial charge in [-0.2, -0.15) is 0 Å². The summed E-state index contributed by atoms with van der Waals surface area (Å²) in [4.78, 5) is 0. The number of sulfonamides is 1. The fraction of sp³-hybridized carbons (Fsp3) is 0.667. The van der Waals surface area contributed by atoms with Crippen LogP contribution in [-0.4, -0.2) is 14.5 Å². The average molecular weight is 161 g/mol. The van der Waals surface area contributed by atoms with Crippen molar-refractivity contribution in [3.05, 3.63) is 11.5 Å². The Bertz CT molecular complexity index is 240. The Kier molecular flexibility index (Phi) is 1.83. The highest BCUT2D eigenvalue weighted by molar-refractivity contribution is 7.92. The van der Waals surface area contributed by atoms with Gasteiger partial charge in [0.05, 0.1) is 0 Å². The molecule has 58 valence electrons. The first-order valence-electron chi connectivity index (χ1n) is 3.22. The zero-order valence-electron chi connectivity index (χ0n) is 6.03. The third-order valence-corrected chi connectivity index (χ3v) is 2.60. The van der Waals surface area contributed by atoms with Gasteiger partial charge >= 0.3 is 0 Å². The molecule has 4 heteroatoms. The average Bonchev–Trinajstić information content (AvgIpc) is 2.10. The van der Waals surface area contributed by atoms with Crippen molar-refractivity contribution in [1.82, 2.24) is 4.72 Å². The molecular formula is C6H11NO2S. The van der Waals surface area contributed by atoms with Crippen molar-refractivity contribution < 1.29 is 8.42 Å². The summed E-state index contributed by atoms with van der Waals surface area (Å²) in [6, 6.07) is -0.00926. The maximum Gasteiger partial charge on any atom is 0.234 e. The molecule has 1 atom stereocenters. The predicted molar refractivity (Wildman–Crippen MR) is 39.8 cm³/mol. The molecule has 3 nitrogen and oxygen atoms in total. The first-order valence-corrected chi connectivity index (χ1v) is 4.76. The van der Waals surface area contributed by atoms with Crippen molar-refractivity contribution in [2.75, 3.05) is 0 Å². The van der Waals surface area contributed by atoms with E-state index < -0.39 is 10.0 Å². The first kappa shape index (κ1) is 7.75. The van der Waals surface area contributed by atoms with E-state index in [4.69, 9.17) is 0 Å². The van der Waals surface area contributed by atoms with Gasteiger partial charge in [0.25, 0.3) is 0 Å². The lowest BCUT2D eigenvalue weighted by atomic mass is 10.1. The zero-order valence-corrected chi connectivity index (χ0v) is 6.85. The molecule has 1 N–H and O–H groups in total. The Hall–Kier alpha value is -0.350. The third kappa shape index (κ3) is 1.58. The summed E-state index contributed by atoms with van der Waals surface area (Å²) in [6.45, 7) is 3.95. The van der Waals surface area contributed by atoms with E-state index in [-0.39, 0.29) is 6.04 Å². The number of hydrogen-bond donors (Lipinski definition) is 1. The van der Waals surface area contributed by atoms with Crippen molar-refractivity contribution in [1.29, 1.82) is 0 Å². The van der Waals surface area contributed by atoms with Crippen molar-refractivity contribution in [2.24, 2.45) is 5.92 Å². The zero-order chi connectivity index (χ0) is 7.78. The van der Waals surface area contributed by atoms with Gasteiger partial charge in [0, 0.05) is 11.4 Å². The van der Waals surface area contributed by atoms with E-state index in [1.54, 1.807) is 6.08 Å². The minimum absolute atomic E-state index is 0.00926. The van der Waals surface area contributed by atoms with E-state index >= 15 is 0 Å². The molecule has 10 heavy (non-hydrogen) atoms. The van der Waals surface area contributed by atoms with Crippen LogP contribution >= 0.6 is 0 Å². The SMILES string of the molecule is CC(C)C1C=CS(=O)(=O)N1. The summed E-state index contributed by atoms with van der Waals surface area (Å²) in [5, 5.41) is 1.22. The van der Waals surface area contributed by atoms with Gasteiger partial charge in [-0.25, -0.2) is 13.1 Å². The number of nitrogens with one attached hydrogen (secondary N) is 1. The quantitative estimate of drug-likeness (QED) is 0.607. The van der Waals surface area contributed by atoms with E-state index in [9.17, 15) is 8.42 Å². The molecule has 0 saturated heterocycles. The van der Waals surface area contributed by atoms with E-state index in [0.717, 1.165) is 0 Å². The van der Waals surface area contributed by atoms with Crippen molar-refractivity contribution in [2.45, 2.75) is 19.9 Å². The van der Waals surface area contributed by atoms with Gasteiger partial charge in [-0.3, -0.25) is 0 Å². The largest absolute Gasteiger partial charge is 0.234 e. The Labute approximate surface area is 61.2 Å². The lowest BCUT2D eigenvalue weighted by Gasteiger charge is -2.10. The van der Waals surface area contributed by atoms with Gasteiger partial charge in [-0.05, 0) is 5.92 Å². The summed E-state index contributed by atoms with van der Waals surface area (Å²) in [6.07, 6.45) is 1.68. The second kappa shape index (κ2) is 2.36. The van der Waals surface area contributed by atoms with Crippen molar-refractivity contribution in [3.8, 4) is 0 Å². The molecule has 0 fully saturated rings. The Balaban J connectivity index is 2.72. The fourth-order valence-electron chi connectivity index (χ4n) is 0.815. The number of hydrogen-bond acceptors (Lipinski definition) is 2. The summed E-state index contributed by atoms with van der Waals surface area (Å²) in [7, 11) is -3.07. The minimum Gasteiger partial charge on any atom is -0.208 e. The van der Waals surface area contributed by atoms with Crippen molar-refractivity contribution >= 4 is 10.0 Å². The highest BCUT2D eigenvalue weighted by Gasteiger charge is 2.21. The molecule has 1 heterocycles. The predicted octanol–water partition coefficient (Wildman–Crippen LogP) is 0.458. The van der Waals surface area contributed by atoms with Gasteiger partial charge in [-0.1, -0.05) is 19.9 Å². The second-order valence-electron chi connectivity index (χ2n) is 2.76. The smallest absolute Gasteiger partial charge is 0.208 e. The molecule has 0 aliphatic carbocycles. The highest BCUT2D eigenvalue weighted by atomic mass is 32.2. The van der Waals surface area contributed by atoms with E-state index in [1.807, 2.05) is 13.8 Å². The third-order valence-electron chi connectivity index (χ3n) is 1.48. The molecule has 1 rings (SSSR count). The molecule has 1 aliphatic rings. The van der Waals surface area contributed by atoms with Crippen LogP contribution in [0.1, 0.15) is 13.8 Å². The topological polar surface area (TPSA) is 46.2 Å². The minimum atomic E-state index is -3.07. The summed E-state index contributed by atoms with van der Waals surface area (Å²) in [5.74, 6) is 0.327. The van der Waals surface area contributed by atoms with Crippen LogP contribution in [0.15, 0.2) is 11.5 Å². The van der Waals surface area contributed by atoms with Crippen LogP contribution in [0.3, 0.4) is 0 Å². The van der Waals surface area contributed by atoms with Crippen LogP contribution in [0.5, 0.6) is 0 Å². The monoisotopic (exact) mass is 161 g/mol. The van der Waals surface area contributed by atoms with Crippen LogP contribution < -0.4 is 4.72 Å². The van der Waals surface area contributed by atoms with Crippen LogP contribution in [0.4, 0.5) is 0 Å². The van der Waals surface area contributed by atoms with Crippen LogP contribution in [0.25, 0.3) is 0 Å². The van der Waals surface area contributed by atoms with Gasteiger partial charge in [-0.15, -0.1) is 0 Å². The van der Waals surface area contributed by atoms with Crippen molar-refractivity contribution in [3.63, 3.8) is 0 Å². The van der Waals surface area contributed by atoms with Crippen LogP contribution in [0.2, 0.25) is 0 Å². The standard InChI is InChI=1S/C6H11NO2S/c1-5(2)6-3-4-10(8,9)7-6/h3-7H,1-2H3. The second-order valence-corrected chi connectivity index (χ2v) is 4.36. The maximum absolute atomic E-state index is 10.7. The van der Waals surface area contributed by atoms with E-state index in [0.29, 0.717) is 5.92 Å². The molecule has 0 saturated carbocycles. The van der Waals surface area contributed by atoms with Gasteiger partial charge in [0.2, 0.25) is 10.0 Å². The molecular weight excluding hydrogens is 150 g/mol. The van der Waals surface area contributed by atoms with Crippen LogP contribution in [-0.2, 0) is 10.0 Å². The Morgan fingerprint density at radius 3 is 2.30 bits per heavy atom. The molecule has 0 aromatic rings. The molecule has 0 radical (unpaired) electrons. The van der Waals surface area contributed by atoms with Crippen LogP contribution in [0, 0.1) is 5.92 Å². The summed E-state index contributed by atoms with van der Waals surface area (Å²) in [5.41, 5.74) is 0. The number of rotatable bonds is 1. The van der Waals surface area contributed by atoms with E-state index in [1.165, 1.54) is 5.41 Å². The lowest BCUT2D eigenvalue weighted by Crippen LogP contribution is -2.30. The fourth-order valence-corrected chi connectivity index (χ4v) is 2.00. The Morgan fingerprint density at radius 1 is 1.50 bits per heavy atom. The molecule has 0 spiro atoms. The summed E-state index contributed by atoms with van der Waals surface area (Å²) < 4.78 is 24.0. The van der Waals surface area contributed by atoms with E-state index in [2.05, 4.69) is 4.72 Å². The van der Waals surface area contributed by atoms with Gasteiger partial charge in [0.15, 0.2) is 0 Å². The summed E-state index contributed by atoms with van der Waals surface area (Å²) >= 11 is 0. The molecule has 1 aliphatic heterocycles. The first-order chi connectivity index (χ1) is 4.51. The molecule has 0 aromatic heterocycles. The van der Waals surface area contributed by atoms with Gasteiger partial charge in [0.1, 0.15) is 0 Å².